The van der Waals surface area contributed by atoms with E-state index in [-0.39, 0.29) is 0 Å². The van der Waals surface area contributed by atoms with Crippen LogP contribution in [-0.4, -0.2) is 12.6 Å². The maximum absolute atomic E-state index is 3.60. The van der Waals surface area contributed by atoms with Crippen molar-refractivity contribution >= 4 is 0 Å². The number of piperidine rings is 1. The molecule has 1 heteroatoms. The molecule has 2 aliphatic rings. The Labute approximate surface area is 75.9 Å². The largest absolute Gasteiger partial charge is 0.314 e. The highest BCUT2D eigenvalue weighted by atomic mass is 14.9. The zero-order valence-electron chi connectivity index (χ0n) is 8.34. The Balaban J connectivity index is 2.05. The normalized spacial score (nSPS) is 48.5. The van der Waals surface area contributed by atoms with Gasteiger partial charge in [0, 0.05) is 6.04 Å². The summed E-state index contributed by atoms with van der Waals surface area (Å²) in [6.07, 6.45) is 5.85. The number of hydrogen-bond acceptors (Lipinski definition) is 1. The van der Waals surface area contributed by atoms with E-state index in [2.05, 4.69) is 19.2 Å². The lowest BCUT2D eigenvalue weighted by atomic mass is 9.67. The molecule has 1 aliphatic carbocycles. The first-order valence-electron chi connectivity index (χ1n) is 5.52. The lowest BCUT2D eigenvalue weighted by molar-refractivity contribution is 0.0935. The van der Waals surface area contributed by atoms with Crippen molar-refractivity contribution in [3.63, 3.8) is 0 Å². The summed E-state index contributed by atoms with van der Waals surface area (Å²) in [7, 11) is 0. The number of hydrogen-bond donors (Lipinski definition) is 1. The van der Waals surface area contributed by atoms with Crippen LogP contribution in [0.5, 0.6) is 0 Å². The molecule has 0 aromatic carbocycles. The van der Waals surface area contributed by atoms with Gasteiger partial charge in [-0.25, -0.2) is 0 Å². The maximum atomic E-state index is 3.60. The first-order chi connectivity index (χ1) is 5.79. The molecule has 0 amide bonds. The van der Waals surface area contributed by atoms with Crippen molar-refractivity contribution in [1.82, 2.24) is 5.32 Å². The van der Waals surface area contributed by atoms with Gasteiger partial charge in [-0.15, -0.1) is 0 Å². The monoisotopic (exact) mass is 167 g/mol. The van der Waals surface area contributed by atoms with Crippen molar-refractivity contribution in [3.05, 3.63) is 0 Å². The lowest BCUT2D eigenvalue weighted by Gasteiger charge is -2.44. The fraction of sp³-hybridized carbons (Fsp3) is 1.00. The van der Waals surface area contributed by atoms with E-state index in [0.29, 0.717) is 0 Å². The Hall–Kier alpha value is -0.0400. The molecule has 1 saturated heterocycles. The van der Waals surface area contributed by atoms with E-state index in [1.54, 1.807) is 0 Å². The summed E-state index contributed by atoms with van der Waals surface area (Å²) in [5, 5.41) is 3.60. The van der Waals surface area contributed by atoms with Gasteiger partial charge in [-0.3, -0.25) is 0 Å². The van der Waals surface area contributed by atoms with E-state index >= 15 is 0 Å². The molecule has 70 valence electrons. The smallest absolute Gasteiger partial charge is 0.00697 e. The molecular weight excluding hydrogens is 146 g/mol. The predicted molar refractivity (Wildman–Crippen MR) is 52.1 cm³/mol. The van der Waals surface area contributed by atoms with Crippen molar-refractivity contribution in [2.75, 3.05) is 6.54 Å². The highest BCUT2D eigenvalue weighted by Gasteiger charge is 2.35. The second-order valence-corrected chi connectivity index (χ2v) is 4.77. The van der Waals surface area contributed by atoms with Gasteiger partial charge in [-0.2, -0.15) is 0 Å². The van der Waals surface area contributed by atoms with Crippen LogP contribution in [0.4, 0.5) is 0 Å². The molecule has 0 aromatic rings. The Morgan fingerprint density at radius 1 is 1.00 bits per heavy atom. The van der Waals surface area contributed by atoms with Crippen LogP contribution in [0.15, 0.2) is 0 Å². The fourth-order valence-electron chi connectivity index (χ4n) is 3.27. The first-order valence-corrected chi connectivity index (χ1v) is 5.52. The molecule has 0 radical (unpaired) electrons. The Bertz CT molecular complexity index is 137. The van der Waals surface area contributed by atoms with E-state index in [0.717, 1.165) is 23.8 Å². The quantitative estimate of drug-likeness (QED) is 0.584. The average molecular weight is 167 g/mol. The molecule has 12 heavy (non-hydrogen) atoms. The minimum Gasteiger partial charge on any atom is -0.314 e. The average Bonchev–Trinajstić information content (AvgIpc) is 2.07. The first kappa shape index (κ1) is 8.55. The molecule has 0 aromatic heterocycles. The molecule has 1 N–H and O–H groups in total. The molecule has 1 aliphatic heterocycles. The summed E-state index contributed by atoms with van der Waals surface area (Å²) in [5.74, 6) is 3.02. The van der Waals surface area contributed by atoms with Crippen LogP contribution in [0.2, 0.25) is 0 Å². The molecule has 2 fully saturated rings. The Morgan fingerprint density at radius 3 is 2.58 bits per heavy atom. The molecule has 2 rings (SSSR count). The van der Waals surface area contributed by atoms with Crippen LogP contribution < -0.4 is 5.32 Å². The van der Waals surface area contributed by atoms with Gasteiger partial charge >= 0.3 is 0 Å². The topological polar surface area (TPSA) is 12.0 Å². The van der Waals surface area contributed by atoms with Crippen LogP contribution in [-0.2, 0) is 0 Å². The predicted octanol–water partition coefficient (Wildman–Crippen LogP) is 2.42. The van der Waals surface area contributed by atoms with Gasteiger partial charge in [0.15, 0.2) is 0 Å². The van der Waals surface area contributed by atoms with E-state index < -0.39 is 0 Å². The minimum atomic E-state index is 0.784. The fourth-order valence-corrected chi connectivity index (χ4v) is 3.27. The third-order valence-corrected chi connectivity index (χ3v) is 4.06. The highest BCUT2D eigenvalue weighted by molar-refractivity contribution is 4.89. The molecule has 4 atom stereocenters. The highest BCUT2D eigenvalue weighted by Crippen LogP contribution is 2.40. The zero-order valence-corrected chi connectivity index (χ0v) is 8.34. The van der Waals surface area contributed by atoms with Gasteiger partial charge in [-0.1, -0.05) is 19.8 Å². The molecule has 1 heterocycles. The van der Waals surface area contributed by atoms with Gasteiger partial charge < -0.3 is 5.32 Å². The third kappa shape index (κ3) is 1.39. The second kappa shape index (κ2) is 3.37. The summed E-state index contributed by atoms with van der Waals surface area (Å²) in [6, 6.07) is 0.784. The lowest BCUT2D eigenvalue weighted by Crippen LogP contribution is -2.47. The van der Waals surface area contributed by atoms with Gasteiger partial charge in [0.05, 0.1) is 0 Å². The Morgan fingerprint density at radius 2 is 1.83 bits per heavy atom. The van der Waals surface area contributed by atoms with Gasteiger partial charge in [-0.05, 0) is 44.1 Å². The summed E-state index contributed by atoms with van der Waals surface area (Å²) >= 11 is 0. The van der Waals surface area contributed by atoms with Gasteiger partial charge in [0.1, 0.15) is 0 Å². The second-order valence-electron chi connectivity index (χ2n) is 4.77. The molecular formula is C11H21N. The summed E-state index contributed by atoms with van der Waals surface area (Å²) < 4.78 is 0. The van der Waals surface area contributed by atoms with Crippen molar-refractivity contribution < 1.29 is 0 Å². The Kier molecular flexibility index (Phi) is 2.40. The SMILES string of the molecule is CC1CCCC2C(C)NCCC12. The van der Waals surface area contributed by atoms with Crippen LogP contribution in [0.3, 0.4) is 0 Å². The maximum Gasteiger partial charge on any atom is 0.00697 e. The van der Waals surface area contributed by atoms with Gasteiger partial charge in [0.2, 0.25) is 0 Å². The summed E-state index contributed by atoms with van der Waals surface area (Å²) in [5.41, 5.74) is 0. The van der Waals surface area contributed by atoms with E-state index in [4.69, 9.17) is 0 Å². The van der Waals surface area contributed by atoms with Crippen molar-refractivity contribution in [2.45, 2.75) is 45.6 Å². The van der Waals surface area contributed by atoms with Crippen LogP contribution in [0.1, 0.15) is 39.5 Å². The van der Waals surface area contributed by atoms with E-state index in [1.165, 1.54) is 32.2 Å². The molecule has 1 nitrogen and oxygen atoms in total. The minimum absolute atomic E-state index is 0.784. The van der Waals surface area contributed by atoms with Crippen molar-refractivity contribution in [3.8, 4) is 0 Å². The summed E-state index contributed by atoms with van der Waals surface area (Å²) in [4.78, 5) is 0. The summed E-state index contributed by atoms with van der Waals surface area (Å²) in [6.45, 7) is 6.08. The molecule has 1 saturated carbocycles. The zero-order chi connectivity index (χ0) is 8.55. The van der Waals surface area contributed by atoms with Crippen LogP contribution in [0.25, 0.3) is 0 Å². The van der Waals surface area contributed by atoms with Crippen LogP contribution in [0, 0.1) is 17.8 Å². The number of rotatable bonds is 0. The molecule has 0 spiro atoms. The van der Waals surface area contributed by atoms with E-state index in [9.17, 15) is 0 Å². The standard InChI is InChI=1S/C11H21N/c1-8-4-3-5-11-9(2)12-7-6-10(8)11/h8-12H,3-7H2,1-2H3. The van der Waals surface area contributed by atoms with Gasteiger partial charge in [0.25, 0.3) is 0 Å². The van der Waals surface area contributed by atoms with Crippen LogP contribution >= 0.6 is 0 Å². The molecule has 0 bridgehead atoms. The third-order valence-electron chi connectivity index (χ3n) is 4.06. The number of nitrogens with one attached hydrogen (secondary N) is 1. The van der Waals surface area contributed by atoms with E-state index in [1.807, 2.05) is 0 Å². The molecule has 4 unspecified atom stereocenters. The van der Waals surface area contributed by atoms with Crippen molar-refractivity contribution in [2.24, 2.45) is 17.8 Å². The number of fused-ring (bicyclic) bond motifs is 1. The van der Waals surface area contributed by atoms with Crippen molar-refractivity contribution in [1.29, 1.82) is 0 Å².